The average molecular weight is 452 g/mol. The first-order valence-corrected chi connectivity index (χ1v) is 10.3. The van der Waals surface area contributed by atoms with Gasteiger partial charge in [0, 0.05) is 41.1 Å². The molecule has 3 rings (SSSR count). The molecule has 0 spiro atoms. The second kappa shape index (κ2) is 10.7. The summed E-state index contributed by atoms with van der Waals surface area (Å²) in [5, 5.41) is 4.95. The number of pyridine rings is 1. The molecule has 0 radical (unpaired) electrons. The Hall–Kier alpha value is -1.98. The summed E-state index contributed by atoms with van der Waals surface area (Å²) in [7, 11) is 0. The van der Waals surface area contributed by atoms with Crippen LogP contribution in [0, 0.1) is 0 Å². The highest BCUT2D eigenvalue weighted by molar-refractivity contribution is 6.36. The van der Waals surface area contributed by atoms with Gasteiger partial charge in [-0.2, -0.15) is 0 Å². The zero-order valence-electron chi connectivity index (χ0n) is 15.9. The highest BCUT2D eigenvalue weighted by atomic mass is 35.5. The Labute approximate surface area is 185 Å². The summed E-state index contributed by atoms with van der Waals surface area (Å²) >= 11 is 19.0. The Bertz CT molecular complexity index is 932. The fourth-order valence-electron chi connectivity index (χ4n) is 2.79. The Morgan fingerprint density at radius 2 is 1.55 bits per heavy atom. The van der Waals surface area contributed by atoms with Crippen LogP contribution in [-0.2, 0) is 19.7 Å². The molecule has 7 heteroatoms. The van der Waals surface area contributed by atoms with Gasteiger partial charge in [-0.15, -0.1) is 0 Å². The first kappa shape index (κ1) is 21.7. The molecule has 0 amide bonds. The molecular weight excluding hydrogens is 431 g/mol. The van der Waals surface area contributed by atoms with Crippen LogP contribution in [0.15, 0.2) is 54.9 Å². The number of rotatable bonds is 9. The molecule has 1 aromatic heterocycles. The predicted octanol–water partition coefficient (Wildman–Crippen LogP) is 6.31. The largest absolute Gasteiger partial charge is 0.490 e. The van der Waals surface area contributed by atoms with Crippen molar-refractivity contribution in [2.75, 3.05) is 6.61 Å². The van der Waals surface area contributed by atoms with Crippen molar-refractivity contribution in [3.05, 3.63) is 86.6 Å². The van der Waals surface area contributed by atoms with Crippen molar-refractivity contribution >= 4 is 34.8 Å². The summed E-state index contributed by atoms with van der Waals surface area (Å²) in [6.45, 7) is 3.97. The van der Waals surface area contributed by atoms with Gasteiger partial charge in [-0.3, -0.25) is 4.98 Å². The standard InChI is InChI=1S/C22H21Cl3N2O2/c1-2-28-21-11-16(13-27-12-15-6-8-26-9-7-15)10-20(25)22(21)29-14-17-18(23)4-3-5-19(17)24/h3-11,27H,2,12-14H2,1H3. The molecule has 0 bridgehead atoms. The topological polar surface area (TPSA) is 43.4 Å². The Balaban J connectivity index is 1.72. The van der Waals surface area contributed by atoms with Gasteiger partial charge in [0.2, 0.25) is 0 Å². The number of nitrogens with zero attached hydrogens (tertiary/aromatic N) is 1. The second-order valence-electron chi connectivity index (χ2n) is 6.29. The highest BCUT2D eigenvalue weighted by Crippen LogP contribution is 2.38. The van der Waals surface area contributed by atoms with E-state index in [1.165, 1.54) is 0 Å². The summed E-state index contributed by atoms with van der Waals surface area (Å²) in [4.78, 5) is 4.02. The molecule has 152 valence electrons. The van der Waals surface area contributed by atoms with Crippen LogP contribution in [-0.4, -0.2) is 11.6 Å². The van der Waals surface area contributed by atoms with Gasteiger partial charge in [0.05, 0.1) is 11.6 Å². The molecule has 4 nitrogen and oxygen atoms in total. The molecule has 1 heterocycles. The molecular formula is C22H21Cl3N2O2. The van der Waals surface area contributed by atoms with Crippen LogP contribution in [0.25, 0.3) is 0 Å². The van der Waals surface area contributed by atoms with Gasteiger partial charge in [0.25, 0.3) is 0 Å². The van der Waals surface area contributed by atoms with E-state index in [2.05, 4.69) is 10.3 Å². The molecule has 0 unspecified atom stereocenters. The number of aromatic nitrogens is 1. The van der Waals surface area contributed by atoms with E-state index in [0.717, 1.165) is 17.7 Å². The van der Waals surface area contributed by atoms with E-state index in [1.54, 1.807) is 30.6 Å². The van der Waals surface area contributed by atoms with Crippen LogP contribution in [0.3, 0.4) is 0 Å². The summed E-state index contributed by atoms with van der Waals surface area (Å²) in [5.41, 5.74) is 2.86. The van der Waals surface area contributed by atoms with Crippen LogP contribution in [0.5, 0.6) is 11.5 Å². The number of hydrogen-bond donors (Lipinski definition) is 1. The smallest absolute Gasteiger partial charge is 0.180 e. The van der Waals surface area contributed by atoms with Crippen molar-refractivity contribution in [1.29, 1.82) is 0 Å². The lowest BCUT2D eigenvalue weighted by atomic mass is 10.2. The first-order chi connectivity index (χ1) is 14.1. The van der Waals surface area contributed by atoms with Crippen LogP contribution >= 0.6 is 34.8 Å². The molecule has 3 aromatic rings. The second-order valence-corrected chi connectivity index (χ2v) is 7.51. The van der Waals surface area contributed by atoms with Gasteiger partial charge in [0.1, 0.15) is 6.61 Å². The van der Waals surface area contributed by atoms with Crippen molar-refractivity contribution in [2.24, 2.45) is 0 Å². The number of benzene rings is 2. The third-order valence-electron chi connectivity index (χ3n) is 4.20. The number of halogens is 3. The normalized spacial score (nSPS) is 10.8. The molecule has 0 aliphatic carbocycles. The lowest BCUT2D eigenvalue weighted by molar-refractivity contribution is 0.269. The number of nitrogens with one attached hydrogen (secondary N) is 1. The van der Waals surface area contributed by atoms with E-state index in [9.17, 15) is 0 Å². The maximum atomic E-state index is 6.51. The number of hydrogen-bond acceptors (Lipinski definition) is 4. The molecule has 0 saturated carbocycles. The van der Waals surface area contributed by atoms with E-state index in [0.29, 0.717) is 45.3 Å². The molecule has 0 saturated heterocycles. The zero-order valence-corrected chi connectivity index (χ0v) is 18.2. The van der Waals surface area contributed by atoms with Gasteiger partial charge in [0.15, 0.2) is 11.5 Å². The Kier molecular flexibility index (Phi) is 8.01. The van der Waals surface area contributed by atoms with Gasteiger partial charge in [-0.25, -0.2) is 0 Å². The van der Waals surface area contributed by atoms with E-state index < -0.39 is 0 Å². The molecule has 1 N–H and O–H groups in total. The molecule has 0 aliphatic rings. The minimum absolute atomic E-state index is 0.192. The quantitative estimate of drug-likeness (QED) is 0.414. The van der Waals surface area contributed by atoms with E-state index in [-0.39, 0.29) is 6.61 Å². The van der Waals surface area contributed by atoms with Gasteiger partial charge >= 0.3 is 0 Å². The van der Waals surface area contributed by atoms with E-state index in [1.807, 2.05) is 31.2 Å². The fourth-order valence-corrected chi connectivity index (χ4v) is 3.59. The summed E-state index contributed by atoms with van der Waals surface area (Å²) in [6.07, 6.45) is 3.55. The third kappa shape index (κ3) is 6.00. The van der Waals surface area contributed by atoms with Crippen LogP contribution in [0.1, 0.15) is 23.6 Å². The lowest BCUT2D eigenvalue weighted by Gasteiger charge is -2.16. The maximum Gasteiger partial charge on any atom is 0.180 e. The maximum absolute atomic E-state index is 6.51. The molecule has 0 fully saturated rings. The zero-order chi connectivity index (χ0) is 20.6. The Morgan fingerprint density at radius 1 is 0.862 bits per heavy atom. The van der Waals surface area contributed by atoms with E-state index >= 15 is 0 Å². The van der Waals surface area contributed by atoms with Crippen molar-refractivity contribution in [2.45, 2.75) is 26.6 Å². The van der Waals surface area contributed by atoms with Crippen molar-refractivity contribution in [3.8, 4) is 11.5 Å². The molecule has 29 heavy (non-hydrogen) atoms. The highest BCUT2D eigenvalue weighted by Gasteiger charge is 2.15. The van der Waals surface area contributed by atoms with Crippen LogP contribution in [0.2, 0.25) is 15.1 Å². The van der Waals surface area contributed by atoms with Crippen LogP contribution in [0.4, 0.5) is 0 Å². The molecule has 0 atom stereocenters. The summed E-state index contributed by atoms with van der Waals surface area (Å²) in [5.74, 6) is 1.06. The summed E-state index contributed by atoms with van der Waals surface area (Å²) < 4.78 is 11.7. The predicted molar refractivity (Wildman–Crippen MR) is 118 cm³/mol. The monoisotopic (exact) mass is 450 g/mol. The van der Waals surface area contributed by atoms with Gasteiger partial charge in [-0.05, 0) is 54.4 Å². The van der Waals surface area contributed by atoms with Crippen LogP contribution < -0.4 is 14.8 Å². The fraction of sp³-hybridized carbons (Fsp3) is 0.227. The van der Waals surface area contributed by atoms with E-state index in [4.69, 9.17) is 44.3 Å². The summed E-state index contributed by atoms with van der Waals surface area (Å²) in [6, 6.07) is 13.1. The minimum Gasteiger partial charge on any atom is -0.490 e. The minimum atomic E-state index is 0.192. The first-order valence-electron chi connectivity index (χ1n) is 9.19. The third-order valence-corrected chi connectivity index (χ3v) is 5.19. The van der Waals surface area contributed by atoms with Crippen molar-refractivity contribution < 1.29 is 9.47 Å². The lowest BCUT2D eigenvalue weighted by Crippen LogP contribution is -2.13. The van der Waals surface area contributed by atoms with Gasteiger partial charge < -0.3 is 14.8 Å². The molecule has 0 aliphatic heterocycles. The molecule has 2 aromatic carbocycles. The Morgan fingerprint density at radius 3 is 2.24 bits per heavy atom. The van der Waals surface area contributed by atoms with Crippen molar-refractivity contribution in [3.63, 3.8) is 0 Å². The van der Waals surface area contributed by atoms with Gasteiger partial charge in [-0.1, -0.05) is 40.9 Å². The average Bonchev–Trinajstić information content (AvgIpc) is 2.70. The van der Waals surface area contributed by atoms with Crippen molar-refractivity contribution in [1.82, 2.24) is 10.3 Å². The number of ether oxygens (including phenoxy) is 2. The SMILES string of the molecule is CCOc1cc(CNCc2ccncc2)cc(Cl)c1OCc1c(Cl)cccc1Cl.